The number of rotatable bonds is 3. The Bertz CT molecular complexity index is 1130. The number of thioether (sulfide) groups is 1. The lowest BCUT2D eigenvalue weighted by molar-refractivity contribution is -0.119. The van der Waals surface area contributed by atoms with Crippen LogP contribution in [0.15, 0.2) is 47.9 Å². The number of fused-ring (bicyclic) bond motifs is 2. The van der Waals surface area contributed by atoms with E-state index < -0.39 is 11.9 Å². The molecule has 2 aliphatic rings. The molecule has 0 spiro atoms. The molecule has 1 aromatic carbocycles. The summed E-state index contributed by atoms with van der Waals surface area (Å²) in [6.07, 6.45) is 6.00. The Hall–Kier alpha value is -3.40. The smallest absolute Gasteiger partial charge is 0.289 e. The summed E-state index contributed by atoms with van der Waals surface area (Å²) in [7, 11) is 1.75. The molecule has 2 N–H and O–H groups in total. The molecule has 0 fully saturated rings. The van der Waals surface area contributed by atoms with Crippen LogP contribution < -0.4 is 15.1 Å². The topological polar surface area (TPSA) is 107 Å². The standard InChI is InChI=1S/C21H21N7O2S/c1-27-17-8-15(28-7-5-13-4-6-22-9-14(13)10-28)2-3-18(17)31-11-16(21(27)30)25-20(29)19-23-12-24-26-19/h2-4,6,8-9,12,16H,5,7,10-11H2,1H3,(H,25,29)(H,23,24,26)/t16-/m0/s1. The van der Waals surface area contributed by atoms with Gasteiger partial charge >= 0.3 is 0 Å². The fourth-order valence-corrected chi connectivity index (χ4v) is 5.01. The molecule has 3 aromatic rings. The summed E-state index contributed by atoms with van der Waals surface area (Å²) in [4.78, 5) is 38.5. The van der Waals surface area contributed by atoms with Crippen molar-refractivity contribution in [1.29, 1.82) is 0 Å². The van der Waals surface area contributed by atoms with Crippen molar-refractivity contribution in [2.24, 2.45) is 0 Å². The van der Waals surface area contributed by atoms with E-state index in [2.05, 4.69) is 54.6 Å². The molecule has 2 amide bonds. The molecule has 5 rings (SSSR count). The molecule has 2 aromatic heterocycles. The van der Waals surface area contributed by atoms with E-state index in [4.69, 9.17) is 0 Å². The summed E-state index contributed by atoms with van der Waals surface area (Å²) in [6.45, 7) is 1.71. The van der Waals surface area contributed by atoms with Crippen LogP contribution in [0.3, 0.4) is 0 Å². The summed E-state index contributed by atoms with van der Waals surface area (Å²) in [5, 5.41) is 8.97. The molecule has 0 aliphatic carbocycles. The second kappa shape index (κ2) is 8.03. The van der Waals surface area contributed by atoms with Gasteiger partial charge in [0.05, 0.1) is 5.69 Å². The van der Waals surface area contributed by atoms with E-state index >= 15 is 0 Å². The SMILES string of the molecule is CN1C(=O)[C@@H](NC(=O)c2ncn[nH]2)CSc2ccc(N3CCc4ccncc4C3)cc21. The van der Waals surface area contributed by atoms with Gasteiger partial charge in [-0.2, -0.15) is 5.10 Å². The van der Waals surface area contributed by atoms with Crippen LogP contribution in [-0.2, 0) is 17.8 Å². The van der Waals surface area contributed by atoms with E-state index in [-0.39, 0.29) is 11.7 Å². The molecule has 10 heteroatoms. The summed E-state index contributed by atoms with van der Waals surface area (Å²) < 4.78 is 0. The Labute approximate surface area is 183 Å². The van der Waals surface area contributed by atoms with Crippen LogP contribution in [0.4, 0.5) is 11.4 Å². The minimum absolute atomic E-state index is 0.0874. The number of hydrogen-bond acceptors (Lipinski definition) is 7. The van der Waals surface area contributed by atoms with Crippen molar-refractivity contribution < 1.29 is 9.59 Å². The summed E-state index contributed by atoms with van der Waals surface area (Å²) >= 11 is 1.56. The molecule has 0 unspecified atom stereocenters. The van der Waals surface area contributed by atoms with Crippen molar-refractivity contribution in [3.63, 3.8) is 0 Å². The molecule has 158 valence electrons. The van der Waals surface area contributed by atoms with Gasteiger partial charge < -0.3 is 15.1 Å². The number of carbonyl (C=O) groups excluding carboxylic acids is 2. The average Bonchev–Trinajstić information content (AvgIpc) is 3.32. The van der Waals surface area contributed by atoms with Crippen LogP contribution in [0.2, 0.25) is 0 Å². The van der Waals surface area contributed by atoms with E-state index in [9.17, 15) is 9.59 Å². The average molecular weight is 436 g/mol. The highest BCUT2D eigenvalue weighted by atomic mass is 32.2. The second-order valence-electron chi connectivity index (χ2n) is 7.54. The first kappa shape index (κ1) is 19.6. The van der Waals surface area contributed by atoms with Gasteiger partial charge in [0.15, 0.2) is 0 Å². The van der Waals surface area contributed by atoms with Crippen LogP contribution in [0.5, 0.6) is 0 Å². The number of aromatic nitrogens is 4. The monoisotopic (exact) mass is 435 g/mol. The number of benzene rings is 1. The first-order valence-electron chi connectivity index (χ1n) is 9.97. The minimum atomic E-state index is -0.656. The highest BCUT2D eigenvalue weighted by Gasteiger charge is 2.31. The van der Waals surface area contributed by atoms with Crippen molar-refractivity contribution in [3.8, 4) is 0 Å². The van der Waals surface area contributed by atoms with Gasteiger partial charge in [-0.25, -0.2) is 4.98 Å². The van der Waals surface area contributed by atoms with E-state index in [0.29, 0.717) is 5.75 Å². The van der Waals surface area contributed by atoms with Gasteiger partial charge in [0.1, 0.15) is 12.4 Å². The molecule has 0 bridgehead atoms. The maximum absolute atomic E-state index is 13.1. The van der Waals surface area contributed by atoms with E-state index in [0.717, 1.165) is 35.8 Å². The number of pyridine rings is 1. The lowest BCUT2D eigenvalue weighted by Gasteiger charge is -2.31. The number of H-pyrrole nitrogens is 1. The molecule has 0 saturated carbocycles. The van der Waals surface area contributed by atoms with E-state index in [1.165, 1.54) is 17.5 Å². The third-order valence-electron chi connectivity index (χ3n) is 5.66. The fraction of sp³-hybridized carbons (Fsp3) is 0.286. The molecular weight excluding hydrogens is 414 g/mol. The third kappa shape index (κ3) is 3.74. The predicted octanol–water partition coefficient (Wildman–Crippen LogP) is 1.63. The molecule has 0 radical (unpaired) electrons. The third-order valence-corrected chi connectivity index (χ3v) is 6.81. The number of aromatic amines is 1. The molecule has 0 saturated heterocycles. The van der Waals surface area contributed by atoms with Crippen molar-refractivity contribution >= 4 is 35.0 Å². The molecule has 9 nitrogen and oxygen atoms in total. The zero-order chi connectivity index (χ0) is 21.4. The number of nitrogens with one attached hydrogen (secondary N) is 2. The highest BCUT2D eigenvalue weighted by Crippen LogP contribution is 2.37. The number of anilines is 2. The van der Waals surface area contributed by atoms with Crippen molar-refractivity contribution in [3.05, 3.63) is 59.9 Å². The lowest BCUT2D eigenvalue weighted by atomic mass is 10.0. The molecule has 4 heterocycles. The minimum Gasteiger partial charge on any atom is -0.367 e. The molecule has 1 atom stereocenters. The first-order valence-corrected chi connectivity index (χ1v) is 11.0. The number of amides is 2. The number of hydrogen-bond donors (Lipinski definition) is 2. The number of nitrogens with zero attached hydrogens (tertiary/aromatic N) is 5. The highest BCUT2D eigenvalue weighted by molar-refractivity contribution is 7.99. The zero-order valence-electron chi connectivity index (χ0n) is 16.9. The van der Waals surface area contributed by atoms with Gasteiger partial charge in [-0.1, -0.05) is 0 Å². The maximum atomic E-state index is 13.1. The van der Waals surface area contributed by atoms with Crippen molar-refractivity contribution in [1.82, 2.24) is 25.5 Å². The van der Waals surface area contributed by atoms with Crippen LogP contribution in [-0.4, -0.2) is 57.4 Å². The van der Waals surface area contributed by atoms with Crippen LogP contribution in [0.25, 0.3) is 0 Å². The fourth-order valence-electron chi connectivity index (χ4n) is 3.93. The number of carbonyl (C=O) groups is 2. The second-order valence-corrected chi connectivity index (χ2v) is 8.60. The maximum Gasteiger partial charge on any atom is 0.289 e. The van der Waals surface area contributed by atoms with Crippen molar-refractivity contribution in [2.45, 2.75) is 23.9 Å². The first-order chi connectivity index (χ1) is 15.1. The lowest BCUT2D eigenvalue weighted by Crippen LogP contribution is -2.48. The number of likely N-dealkylation sites (N-methyl/N-ethyl adjacent to an activating group) is 1. The summed E-state index contributed by atoms with van der Waals surface area (Å²) in [5.74, 6) is -0.0797. The molecule has 2 aliphatic heterocycles. The van der Waals surface area contributed by atoms with Gasteiger partial charge in [-0.3, -0.25) is 19.7 Å². The normalized spacial score (nSPS) is 18.2. The molecular formula is C21H21N7O2S. The Morgan fingerprint density at radius 1 is 1.29 bits per heavy atom. The molecule has 31 heavy (non-hydrogen) atoms. The van der Waals surface area contributed by atoms with Crippen LogP contribution >= 0.6 is 11.8 Å². The van der Waals surface area contributed by atoms with Gasteiger partial charge in [-0.15, -0.1) is 11.8 Å². The zero-order valence-corrected chi connectivity index (χ0v) is 17.7. The Morgan fingerprint density at radius 3 is 3.03 bits per heavy atom. The Kier molecular flexibility index (Phi) is 5.06. The predicted molar refractivity (Wildman–Crippen MR) is 117 cm³/mol. The largest absolute Gasteiger partial charge is 0.367 e. The van der Waals surface area contributed by atoms with Crippen molar-refractivity contribution in [2.75, 3.05) is 29.1 Å². The van der Waals surface area contributed by atoms with Crippen LogP contribution in [0, 0.1) is 0 Å². The Morgan fingerprint density at radius 2 is 2.19 bits per heavy atom. The van der Waals surface area contributed by atoms with Crippen LogP contribution in [0.1, 0.15) is 21.7 Å². The van der Waals surface area contributed by atoms with Gasteiger partial charge in [0, 0.05) is 48.9 Å². The van der Waals surface area contributed by atoms with E-state index in [1.807, 2.05) is 12.4 Å². The quantitative estimate of drug-likeness (QED) is 0.644. The van der Waals surface area contributed by atoms with Gasteiger partial charge in [-0.05, 0) is 41.8 Å². The Balaban J connectivity index is 1.36. The summed E-state index contributed by atoms with van der Waals surface area (Å²) in [5.41, 5.74) is 4.49. The van der Waals surface area contributed by atoms with Gasteiger partial charge in [0.25, 0.3) is 5.91 Å². The van der Waals surface area contributed by atoms with Gasteiger partial charge in [0.2, 0.25) is 11.7 Å². The van der Waals surface area contributed by atoms with E-state index in [1.54, 1.807) is 23.7 Å². The summed E-state index contributed by atoms with van der Waals surface area (Å²) in [6, 6.07) is 7.64.